The molecule has 0 atom stereocenters. The highest BCUT2D eigenvalue weighted by molar-refractivity contribution is 6.00. The maximum absolute atomic E-state index is 13.6. The average molecular weight is 449 g/mol. The molecule has 1 amide bonds. The third-order valence-corrected chi connectivity index (χ3v) is 6.54. The summed E-state index contributed by atoms with van der Waals surface area (Å²) in [6, 6.07) is 18.2. The number of hydrogen-bond donors (Lipinski definition) is 0. The van der Waals surface area contributed by atoms with E-state index in [2.05, 4.69) is 36.6 Å². The first-order chi connectivity index (χ1) is 16.0. The predicted octanol–water partition coefficient (Wildman–Crippen LogP) is 4.86. The van der Waals surface area contributed by atoms with Crippen LogP contribution in [-0.4, -0.2) is 47.5 Å². The van der Waals surface area contributed by atoms with Crippen LogP contribution < -0.4 is 4.74 Å². The zero-order valence-electron chi connectivity index (χ0n) is 19.5. The molecule has 0 N–H and O–H groups in total. The molecule has 2 saturated heterocycles. The van der Waals surface area contributed by atoms with Crippen LogP contribution in [0.2, 0.25) is 0 Å². The maximum Gasteiger partial charge on any atom is 0.270 e. The van der Waals surface area contributed by atoms with Gasteiger partial charge in [-0.15, -0.1) is 0 Å². The predicted molar refractivity (Wildman–Crippen MR) is 127 cm³/mol. The Morgan fingerprint density at radius 2 is 1.76 bits per heavy atom. The van der Waals surface area contributed by atoms with Gasteiger partial charge in [-0.05, 0) is 29.7 Å². The summed E-state index contributed by atoms with van der Waals surface area (Å²) in [7, 11) is 0. The SMILES string of the molecule is CC(C)Cn1c(C(=O)N2CCC3(CC2)OCCO3)cc2c(OCc3ccccc3)cccc21. The van der Waals surface area contributed by atoms with Crippen molar-refractivity contribution in [2.45, 2.75) is 45.6 Å². The number of aromatic nitrogens is 1. The van der Waals surface area contributed by atoms with Crippen molar-refractivity contribution in [1.82, 2.24) is 9.47 Å². The summed E-state index contributed by atoms with van der Waals surface area (Å²) in [5.41, 5.74) is 2.87. The lowest BCUT2D eigenvalue weighted by molar-refractivity contribution is -0.181. The zero-order valence-corrected chi connectivity index (χ0v) is 19.5. The number of likely N-dealkylation sites (tertiary alicyclic amines) is 1. The van der Waals surface area contributed by atoms with Gasteiger partial charge in [0, 0.05) is 37.9 Å². The first kappa shape index (κ1) is 22.0. The average Bonchev–Trinajstić information content (AvgIpc) is 3.43. The number of piperidine rings is 1. The molecular weight excluding hydrogens is 416 g/mol. The molecule has 5 rings (SSSR count). The standard InChI is InChI=1S/C27H32N2O4/c1-20(2)18-29-23-9-6-10-25(31-19-21-7-4-3-5-8-21)22(23)17-24(29)26(30)28-13-11-27(12-14-28)32-15-16-33-27/h3-10,17,20H,11-16,18-19H2,1-2H3. The summed E-state index contributed by atoms with van der Waals surface area (Å²) in [6.07, 6.45) is 1.43. The Hall–Kier alpha value is -2.83. The monoisotopic (exact) mass is 448 g/mol. The van der Waals surface area contributed by atoms with Crippen LogP contribution in [0.4, 0.5) is 0 Å². The van der Waals surface area contributed by atoms with Crippen molar-refractivity contribution >= 4 is 16.8 Å². The molecule has 174 valence electrons. The minimum atomic E-state index is -0.486. The van der Waals surface area contributed by atoms with Gasteiger partial charge in [0.1, 0.15) is 18.1 Å². The molecular formula is C27H32N2O4. The van der Waals surface area contributed by atoms with Gasteiger partial charge in [-0.1, -0.05) is 50.2 Å². The van der Waals surface area contributed by atoms with Gasteiger partial charge in [-0.2, -0.15) is 0 Å². The van der Waals surface area contributed by atoms with Gasteiger partial charge < -0.3 is 23.7 Å². The summed E-state index contributed by atoms with van der Waals surface area (Å²) in [5.74, 6) is 0.790. The van der Waals surface area contributed by atoms with Crippen molar-refractivity contribution < 1.29 is 19.0 Å². The molecule has 0 saturated carbocycles. The van der Waals surface area contributed by atoms with Gasteiger partial charge in [-0.3, -0.25) is 4.79 Å². The van der Waals surface area contributed by atoms with Crippen molar-refractivity contribution in [3.8, 4) is 5.75 Å². The number of rotatable bonds is 6. The number of benzene rings is 2. The van der Waals surface area contributed by atoms with Gasteiger partial charge in [-0.25, -0.2) is 0 Å². The van der Waals surface area contributed by atoms with Gasteiger partial charge in [0.25, 0.3) is 5.91 Å². The maximum atomic E-state index is 13.6. The number of hydrogen-bond acceptors (Lipinski definition) is 4. The molecule has 6 heteroatoms. The third-order valence-electron chi connectivity index (χ3n) is 6.54. The fourth-order valence-corrected chi connectivity index (χ4v) is 4.86. The van der Waals surface area contributed by atoms with Crippen LogP contribution in [0.5, 0.6) is 5.75 Å². The molecule has 1 spiro atoms. The zero-order chi connectivity index (χ0) is 22.8. The summed E-state index contributed by atoms with van der Waals surface area (Å²) in [6.45, 7) is 8.18. The first-order valence-electron chi connectivity index (χ1n) is 11.9. The number of amides is 1. The van der Waals surface area contributed by atoms with Crippen molar-refractivity contribution in [2.24, 2.45) is 5.92 Å². The van der Waals surface area contributed by atoms with Gasteiger partial charge >= 0.3 is 0 Å². The van der Waals surface area contributed by atoms with Crippen molar-refractivity contribution in [3.05, 3.63) is 65.9 Å². The Bertz CT molecular complexity index is 1110. The quantitative estimate of drug-likeness (QED) is 0.541. The molecule has 0 radical (unpaired) electrons. The van der Waals surface area contributed by atoms with E-state index in [9.17, 15) is 4.79 Å². The van der Waals surface area contributed by atoms with Gasteiger partial charge in [0.05, 0.1) is 18.7 Å². The van der Waals surface area contributed by atoms with Crippen LogP contribution in [0.25, 0.3) is 10.9 Å². The molecule has 1 aromatic heterocycles. The fourth-order valence-electron chi connectivity index (χ4n) is 4.86. The van der Waals surface area contributed by atoms with Crippen LogP contribution in [0.1, 0.15) is 42.7 Å². The smallest absolute Gasteiger partial charge is 0.270 e. The highest BCUT2D eigenvalue weighted by Crippen LogP contribution is 2.34. The van der Waals surface area contributed by atoms with E-state index < -0.39 is 5.79 Å². The van der Waals surface area contributed by atoms with E-state index in [1.807, 2.05) is 41.3 Å². The van der Waals surface area contributed by atoms with Crippen LogP contribution in [0, 0.1) is 5.92 Å². The molecule has 0 aliphatic carbocycles. The van der Waals surface area contributed by atoms with E-state index in [1.54, 1.807) is 0 Å². The molecule has 2 fully saturated rings. The lowest BCUT2D eigenvalue weighted by atomic mass is 10.0. The van der Waals surface area contributed by atoms with E-state index >= 15 is 0 Å². The summed E-state index contributed by atoms with van der Waals surface area (Å²) in [5, 5.41) is 0.980. The molecule has 3 aromatic rings. The van der Waals surface area contributed by atoms with Crippen LogP contribution in [0.3, 0.4) is 0 Å². The molecule has 3 heterocycles. The molecule has 2 aromatic carbocycles. The van der Waals surface area contributed by atoms with Crippen molar-refractivity contribution in [2.75, 3.05) is 26.3 Å². The second-order valence-corrected chi connectivity index (χ2v) is 9.40. The van der Waals surface area contributed by atoms with E-state index in [1.165, 1.54) is 0 Å². The first-order valence-corrected chi connectivity index (χ1v) is 11.9. The van der Waals surface area contributed by atoms with Crippen molar-refractivity contribution in [3.63, 3.8) is 0 Å². The van der Waals surface area contributed by atoms with E-state index in [-0.39, 0.29) is 5.91 Å². The van der Waals surface area contributed by atoms with Crippen LogP contribution >= 0.6 is 0 Å². The van der Waals surface area contributed by atoms with Crippen molar-refractivity contribution in [1.29, 1.82) is 0 Å². The Morgan fingerprint density at radius 3 is 2.45 bits per heavy atom. The number of nitrogens with zero attached hydrogens (tertiary/aromatic N) is 2. The summed E-state index contributed by atoms with van der Waals surface area (Å²) >= 11 is 0. The molecule has 0 bridgehead atoms. The Morgan fingerprint density at radius 1 is 1.03 bits per heavy atom. The van der Waals surface area contributed by atoms with E-state index in [0.717, 1.165) is 34.5 Å². The van der Waals surface area contributed by atoms with Crippen LogP contribution in [0.15, 0.2) is 54.6 Å². The highest BCUT2D eigenvalue weighted by atomic mass is 16.7. The molecule has 0 unspecified atom stereocenters. The van der Waals surface area contributed by atoms with Gasteiger partial charge in [0.15, 0.2) is 5.79 Å². The number of ether oxygens (including phenoxy) is 3. The largest absolute Gasteiger partial charge is 0.488 e. The van der Waals surface area contributed by atoms with Gasteiger partial charge in [0.2, 0.25) is 0 Å². The topological polar surface area (TPSA) is 52.9 Å². The molecule has 2 aliphatic heterocycles. The second kappa shape index (κ2) is 9.20. The lowest BCUT2D eigenvalue weighted by Crippen LogP contribution is -2.47. The number of carbonyl (C=O) groups is 1. The minimum absolute atomic E-state index is 0.0636. The Balaban J connectivity index is 1.42. The number of fused-ring (bicyclic) bond motifs is 1. The molecule has 2 aliphatic rings. The third kappa shape index (κ3) is 4.50. The second-order valence-electron chi connectivity index (χ2n) is 9.40. The van der Waals surface area contributed by atoms with Crippen LogP contribution in [-0.2, 0) is 22.6 Å². The minimum Gasteiger partial charge on any atom is -0.488 e. The highest BCUT2D eigenvalue weighted by Gasteiger charge is 2.41. The Kier molecular flexibility index (Phi) is 6.13. The normalized spacial score (nSPS) is 17.8. The number of carbonyl (C=O) groups excluding carboxylic acids is 1. The summed E-state index contributed by atoms with van der Waals surface area (Å²) < 4.78 is 20.0. The van der Waals surface area contributed by atoms with E-state index in [4.69, 9.17) is 14.2 Å². The van der Waals surface area contributed by atoms with E-state index in [0.29, 0.717) is 51.7 Å². The lowest BCUT2D eigenvalue weighted by Gasteiger charge is -2.37. The fraction of sp³-hybridized carbons (Fsp3) is 0.444. The molecule has 33 heavy (non-hydrogen) atoms. The Labute approximate surface area is 195 Å². The molecule has 6 nitrogen and oxygen atoms in total. The summed E-state index contributed by atoms with van der Waals surface area (Å²) in [4.78, 5) is 15.6.